The predicted molar refractivity (Wildman–Crippen MR) is 78.0 cm³/mol. The third-order valence-corrected chi connectivity index (χ3v) is 3.59. The minimum absolute atomic E-state index is 0.206. The molecule has 0 aliphatic carbocycles. The van der Waals surface area contributed by atoms with Crippen molar-refractivity contribution in [3.63, 3.8) is 0 Å². The van der Waals surface area contributed by atoms with Gasteiger partial charge in [0.15, 0.2) is 0 Å². The molecule has 2 atom stereocenters. The van der Waals surface area contributed by atoms with Gasteiger partial charge in [-0.15, -0.1) is 0 Å². The maximum absolute atomic E-state index is 12.4. The highest BCUT2D eigenvalue weighted by Gasteiger charge is 2.44. The summed E-state index contributed by atoms with van der Waals surface area (Å²) in [5.41, 5.74) is 6.25. The van der Waals surface area contributed by atoms with Crippen LogP contribution in [0.25, 0.3) is 0 Å². The van der Waals surface area contributed by atoms with E-state index in [2.05, 4.69) is 15.4 Å². The molecular weight excluding hydrogens is 274 g/mol. The second kappa shape index (κ2) is 6.11. The van der Waals surface area contributed by atoms with Gasteiger partial charge in [0.25, 0.3) is 0 Å². The van der Waals surface area contributed by atoms with Crippen LogP contribution >= 0.6 is 0 Å². The Morgan fingerprint density at radius 2 is 2.05 bits per heavy atom. The Bertz CT molecular complexity index is 549. The number of rotatable bonds is 3. The van der Waals surface area contributed by atoms with Crippen molar-refractivity contribution < 1.29 is 19.1 Å². The number of methoxy groups -OCH3 is 1. The number of carbonyl (C=O) groups is 2. The highest BCUT2D eigenvalue weighted by molar-refractivity contribution is 5.96. The zero-order valence-corrected chi connectivity index (χ0v) is 12.0. The lowest BCUT2D eigenvalue weighted by Crippen LogP contribution is -2.47. The van der Waals surface area contributed by atoms with E-state index in [4.69, 9.17) is 10.5 Å². The molecule has 21 heavy (non-hydrogen) atoms. The summed E-state index contributed by atoms with van der Waals surface area (Å²) in [5.74, 6) is -0.206. The van der Waals surface area contributed by atoms with E-state index in [1.54, 1.807) is 31.2 Å². The molecule has 0 saturated carbocycles. The van der Waals surface area contributed by atoms with Gasteiger partial charge in [-0.3, -0.25) is 10.1 Å². The molecule has 1 fully saturated rings. The molecule has 0 aromatic heterocycles. The summed E-state index contributed by atoms with van der Waals surface area (Å²) < 4.78 is 9.78. The summed E-state index contributed by atoms with van der Waals surface area (Å²) in [6.45, 7) is 2.44. The van der Waals surface area contributed by atoms with Gasteiger partial charge in [-0.1, -0.05) is 6.07 Å². The maximum Gasteiger partial charge on any atom is 0.411 e. The molecule has 1 aromatic rings. The van der Waals surface area contributed by atoms with Crippen LogP contribution in [0.4, 0.5) is 16.2 Å². The van der Waals surface area contributed by atoms with Crippen LogP contribution in [0.15, 0.2) is 24.3 Å². The Balaban J connectivity index is 2.07. The summed E-state index contributed by atoms with van der Waals surface area (Å²) in [6, 6.07) is 6.44. The number of amides is 2. The van der Waals surface area contributed by atoms with Gasteiger partial charge in [-0.05, 0) is 25.1 Å². The van der Waals surface area contributed by atoms with Crippen molar-refractivity contribution in [3.05, 3.63) is 24.3 Å². The SMILES string of the molecule is COC(=O)Nc1cccc(NC(=O)C2(C)COCC2N)c1. The zero-order chi connectivity index (χ0) is 15.5. The third-order valence-electron chi connectivity index (χ3n) is 3.59. The number of benzene rings is 1. The fourth-order valence-corrected chi connectivity index (χ4v) is 2.04. The van der Waals surface area contributed by atoms with Crippen molar-refractivity contribution in [2.45, 2.75) is 13.0 Å². The number of hydrogen-bond acceptors (Lipinski definition) is 5. The van der Waals surface area contributed by atoms with E-state index in [0.29, 0.717) is 24.6 Å². The molecule has 2 rings (SSSR count). The molecule has 1 saturated heterocycles. The van der Waals surface area contributed by atoms with E-state index < -0.39 is 11.5 Å². The largest absolute Gasteiger partial charge is 0.453 e. The Hall–Kier alpha value is -2.12. The fraction of sp³-hybridized carbons (Fsp3) is 0.429. The van der Waals surface area contributed by atoms with Gasteiger partial charge in [-0.25, -0.2) is 4.79 Å². The number of anilines is 2. The highest BCUT2D eigenvalue weighted by Crippen LogP contribution is 2.29. The summed E-state index contributed by atoms with van der Waals surface area (Å²) in [5, 5.41) is 5.33. The van der Waals surface area contributed by atoms with Crippen molar-refractivity contribution in [1.82, 2.24) is 0 Å². The van der Waals surface area contributed by atoms with E-state index in [0.717, 1.165) is 0 Å². The van der Waals surface area contributed by atoms with Crippen LogP contribution in [0.3, 0.4) is 0 Å². The number of carbonyl (C=O) groups excluding carboxylic acids is 2. The van der Waals surface area contributed by atoms with Crippen LogP contribution in [-0.2, 0) is 14.3 Å². The monoisotopic (exact) mass is 293 g/mol. The van der Waals surface area contributed by atoms with Gasteiger partial charge in [-0.2, -0.15) is 0 Å². The molecule has 2 unspecified atom stereocenters. The molecule has 7 nitrogen and oxygen atoms in total. The average Bonchev–Trinajstić information content (AvgIpc) is 2.80. The summed E-state index contributed by atoms with van der Waals surface area (Å²) >= 11 is 0. The first-order valence-electron chi connectivity index (χ1n) is 6.55. The summed E-state index contributed by atoms with van der Waals surface area (Å²) in [7, 11) is 1.28. The first-order chi connectivity index (χ1) is 9.95. The second-order valence-corrected chi connectivity index (χ2v) is 5.19. The Kier molecular flexibility index (Phi) is 4.44. The molecule has 0 bridgehead atoms. The van der Waals surface area contributed by atoms with E-state index in [-0.39, 0.29) is 11.9 Å². The van der Waals surface area contributed by atoms with Gasteiger partial charge >= 0.3 is 6.09 Å². The van der Waals surface area contributed by atoms with Gasteiger partial charge in [0.05, 0.1) is 25.7 Å². The van der Waals surface area contributed by atoms with Gasteiger partial charge in [0, 0.05) is 17.4 Å². The molecule has 1 aliphatic heterocycles. The van der Waals surface area contributed by atoms with Crippen molar-refractivity contribution in [2.24, 2.45) is 11.1 Å². The lowest BCUT2D eigenvalue weighted by molar-refractivity contribution is -0.125. The number of hydrogen-bond donors (Lipinski definition) is 3. The van der Waals surface area contributed by atoms with Crippen LogP contribution in [0.1, 0.15) is 6.92 Å². The molecular formula is C14H19N3O4. The standard InChI is InChI=1S/C14H19N3O4/c1-14(8-21-7-11(14)15)12(18)16-9-4-3-5-10(6-9)17-13(19)20-2/h3-6,11H,7-8,15H2,1-2H3,(H,16,18)(H,17,19). The van der Waals surface area contributed by atoms with Gasteiger partial charge in [0.2, 0.25) is 5.91 Å². The summed E-state index contributed by atoms with van der Waals surface area (Å²) in [6.07, 6.45) is -0.573. The van der Waals surface area contributed by atoms with Crippen molar-refractivity contribution in [1.29, 1.82) is 0 Å². The summed E-state index contributed by atoms with van der Waals surface area (Å²) in [4.78, 5) is 23.5. The number of ether oxygens (including phenoxy) is 2. The highest BCUT2D eigenvalue weighted by atomic mass is 16.5. The van der Waals surface area contributed by atoms with Crippen LogP contribution in [0.2, 0.25) is 0 Å². The average molecular weight is 293 g/mol. The van der Waals surface area contributed by atoms with Crippen molar-refractivity contribution in [2.75, 3.05) is 31.0 Å². The fourth-order valence-electron chi connectivity index (χ4n) is 2.04. The first-order valence-corrected chi connectivity index (χ1v) is 6.55. The van der Waals surface area contributed by atoms with Crippen molar-refractivity contribution >= 4 is 23.4 Å². The van der Waals surface area contributed by atoms with Crippen LogP contribution in [0.5, 0.6) is 0 Å². The van der Waals surface area contributed by atoms with Crippen LogP contribution in [0, 0.1) is 5.41 Å². The molecule has 0 spiro atoms. The smallest absolute Gasteiger partial charge is 0.411 e. The Morgan fingerprint density at radius 1 is 1.38 bits per heavy atom. The lowest BCUT2D eigenvalue weighted by atomic mass is 9.85. The number of nitrogens with one attached hydrogen (secondary N) is 2. The van der Waals surface area contributed by atoms with Crippen molar-refractivity contribution in [3.8, 4) is 0 Å². The molecule has 114 valence electrons. The van der Waals surface area contributed by atoms with Crippen LogP contribution < -0.4 is 16.4 Å². The topological polar surface area (TPSA) is 103 Å². The maximum atomic E-state index is 12.4. The third kappa shape index (κ3) is 3.32. The molecule has 1 heterocycles. The second-order valence-electron chi connectivity index (χ2n) is 5.19. The molecule has 1 aromatic carbocycles. The van der Waals surface area contributed by atoms with E-state index in [1.165, 1.54) is 7.11 Å². The minimum Gasteiger partial charge on any atom is -0.453 e. The van der Waals surface area contributed by atoms with Gasteiger partial charge < -0.3 is 20.5 Å². The molecule has 0 radical (unpaired) electrons. The predicted octanol–water partition coefficient (Wildman–Crippen LogP) is 1.17. The Labute approximate surface area is 122 Å². The van der Waals surface area contributed by atoms with Crippen LogP contribution in [-0.4, -0.2) is 38.4 Å². The quantitative estimate of drug-likeness (QED) is 0.776. The van der Waals surface area contributed by atoms with E-state index in [1.807, 2.05) is 0 Å². The number of nitrogens with two attached hydrogens (primary N) is 1. The normalized spacial score (nSPS) is 24.4. The van der Waals surface area contributed by atoms with E-state index >= 15 is 0 Å². The first kappa shape index (κ1) is 15.3. The molecule has 4 N–H and O–H groups in total. The Morgan fingerprint density at radius 3 is 2.62 bits per heavy atom. The van der Waals surface area contributed by atoms with E-state index in [9.17, 15) is 9.59 Å². The molecule has 1 aliphatic rings. The van der Waals surface area contributed by atoms with Gasteiger partial charge in [0.1, 0.15) is 0 Å². The molecule has 2 amide bonds. The zero-order valence-electron chi connectivity index (χ0n) is 12.0. The molecule has 7 heteroatoms. The minimum atomic E-state index is -0.758. The lowest BCUT2D eigenvalue weighted by Gasteiger charge is -2.25.